The van der Waals surface area contributed by atoms with Gasteiger partial charge in [0.15, 0.2) is 16.9 Å². The Balaban J connectivity index is 0.000000131. The number of hydrogen-bond acceptors (Lipinski definition) is 17. The zero-order valence-corrected chi connectivity index (χ0v) is 54.3. The molecule has 24 heteroatoms. The summed E-state index contributed by atoms with van der Waals surface area (Å²) in [7, 11) is 0. The van der Waals surface area contributed by atoms with E-state index in [-0.39, 0.29) is 36.1 Å². The zero-order chi connectivity index (χ0) is 67.1. The first kappa shape index (κ1) is 64.3. The van der Waals surface area contributed by atoms with Crippen molar-refractivity contribution in [1.82, 2.24) is 85.2 Å². The van der Waals surface area contributed by atoms with Crippen LogP contribution in [-0.2, 0) is 19.6 Å². The molecule has 97 heavy (non-hydrogen) atoms. The lowest BCUT2D eigenvalue weighted by Gasteiger charge is -2.10. The number of benzene rings is 4. The molecule has 3 aliphatic rings. The number of nitrogens with two attached hydrogens (primary N) is 3. The van der Waals surface area contributed by atoms with Gasteiger partial charge in [-0.1, -0.05) is 105 Å². The monoisotopic (exact) mass is 1300 g/mol. The second-order valence-corrected chi connectivity index (χ2v) is 25.0. The number of rotatable bonds is 15. The van der Waals surface area contributed by atoms with E-state index in [0.29, 0.717) is 92.7 Å². The van der Waals surface area contributed by atoms with E-state index in [0.717, 1.165) is 113 Å². The lowest BCUT2D eigenvalue weighted by atomic mass is 10.1. The molecular formula is C73H75FN20O3. The number of carbonyl (C=O) groups excluding carboxylic acids is 3. The summed E-state index contributed by atoms with van der Waals surface area (Å²) >= 11 is 0. The third-order valence-electron chi connectivity index (χ3n) is 18.5. The van der Waals surface area contributed by atoms with E-state index in [1.54, 1.807) is 30.6 Å². The van der Waals surface area contributed by atoms with Gasteiger partial charge in [0.1, 0.15) is 59.3 Å². The van der Waals surface area contributed by atoms with Gasteiger partial charge >= 0.3 is 0 Å². The third kappa shape index (κ3) is 13.8. The van der Waals surface area contributed by atoms with Crippen LogP contribution < -0.4 is 33.2 Å². The fourth-order valence-electron chi connectivity index (χ4n) is 13.3. The molecule has 3 aliphatic carbocycles. The summed E-state index contributed by atoms with van der Waals surface area (Å²) in [6, 6.07) is 35.9. The van der Waals surface area contributed by atoms with Gasteiger partial charge in [-0.3, -0.25) is 24.4 Å². The van der Waals surface area contributed by atoms with Crippen LogP contribution in [-0.4, -0.2) is 86.9 Å². The number of nitrogens with one attached hydrogen (secondary N) is 3. The van der Waals surface area contributed by atoms with Crippen molar-refractivity contribution < 1.29 is 18.8 Å². The van der Waals surface area contributed by atoms with Crippen LogP contribution in [0.5, 0.6) is 0 Å². The molecular weight excluding hydrogens is 1220 g/mol. The van der Waals surface area contributed by atoms with Crippen LogP contribution in [0.4, 0.5) is 21.8 Å². The quantitative estimate of drug-likeness (QED) is 0.0555. The fourth-order valence-corrected chi connectivity index (χ4v) is 13.3. The van der Waals surface area contributed by atoms with Crippen LogP contribution in [0.25, 0.3) is 67.0 Å². The van der Waals surface area contributed by atoms with Crippen molar-refractivity contribution >= 4 is 68.3 Å². The van der Waals surface area contributed by atoms with Gasteiger partial charge in [-0.15, -0.1) is 0 Å². The van der Waals surface area contributed by atoms with Gasteiger partial charge in [-0.05, 0) is 136 Å². The fraction of sp³-hybridized carbons (Fsp3) is 0.288. The first-order chi connectivity index (χ1) is 47.3. The summed E-state index contributed by atoms with van der Waals surface area (Å²) < 4.78 is 21.1. The highest BCUT2D eigenvalue weighted by Crippen LogP contribution is 2.40. The summed E-state index contributed by atoms with van der Waals surface area (Å²) in [5, 5.41) is 25.3. The Morgan fingerprint density at radius 2 is 0.856 bits per heavy atom. The van der Waals surface area contributed by atoms with Crippen molar-refractivity contribution in [3.8, 4) is 33.9 Å². The second kappa shape index (κ2) is 28.7. The number of carbonyl (C=O) groups is 3. The minimum Gasteiger partial charge on any atom is -0.383 e. The lowest BCUT2D eigenvalue weighted by molar-refractivity contribution is 0.0942. The number of nitrogen functional groups attached to an aromatic ring is 3. The Labute approximate surface area is 559 Å². The number of fused-ring (bicyclic) bond motifs is 3. The molecule has 3 amide bonds. The summed E-state index contributed by atoms with van der Waals surface area (Å²) in [5.74, 6) is 0.281. The van der Waals surface area contributed by atoms with Crippen molar-refractivity contribution in [2.24, 2.45) is 0 Å². The smallest absolute Gasteiger partial charge is 0.251 e. The van der Waals surface area contributed by atoms with Gasteiger partial charge in [-0.25, -0.2) is 48.3 Å². The summed E-state index contributed by atoms with van der Waals surface area (Å²) in [5.41, 5.74) is 31.6. The minimum absolute atomic E-state index is 0.0987. The van der Waals surface area contributed by atoms with Crippen LogP contribution in [0.1, 0.15) is 160 Å². The Hall–Kier alpha value is -11.4. The molecule has 0 bridgehead atoms. The van der Waals surface area contributed by atoms with Gasteiger partial charge < -0.3 is 33.2 Å². The van der Waals surface area contributed by atoms with Crippen LogP contribution in [0, 0.1) is 26.6 Å². The standard InChI is InChI=1S/C25H25FN6O.2C24H25N7O/c1-15-6-2-5-9-18(15)25(33)28-13-16-10-11-19(20(26)12-16)22-21-23(27)29-14-30-24(21)32(31-22)17-7-3-4-8-17;1-15-6-2-5-9-19(15)24(32)27-13-17-11-10-16(12-26-17)21-20-22(25)28-14-29-23(20)31(30-21)18-7-3-4-8-18;1-15-6-2-5-9-18(15)24(32)27-13-16-10-11-19(26-12-16)21-20-22(25)28-14-29-23(20)31(30-21)17-7-3-4-8-17/h2,5-6,9-12,14,17H,3-4,7-8,13H2,1H3,(H,28,33)(H2,27,29,30);2,5-6,9-12,14,18H,3-4,7-8,13H2,1H3,(H,27,32)(H2,25,28,29);2,5-6,9-12,14,17H,3-4,7-8,13H2,1H3,(H,27,32)(H2,25,28,29). The number of amides is 3. The zero-order valence-electron chi connectivity index (χ0n) is 54.3. The normalized spacial score (nSPS) is 14.1. The molecule has 3 fully saturated rings. The van der Waals surface area contributed by atoms with Crippen molar-refractivity contribution in [3.63, 3.8) is 0 Å². The van der Waals surface area contributed by atoms with Gasteiger partial charge in [0, 0.05) is 53.3 Å². The maximum Gasteiger partial charge on any atom is 0.251 e. The predicted octanol–water partition coefficient (Wildman–Crippen LogP) is 12.2. The first-order valence-corrected chi connectivity index (χ1v) is 32.9. The van der Waals surface area contributed by atoms with E-state index in [9.17, 15) is 14.4 Å². The van der Waals surface area contributed by atoms with Crippen molar-refractivity contribution in [2.45, 2.75) is 136 Å². The minimum atomic E-state index is -0.432. The number of aromatic nitrogens is 14. The maximum atomic E-state index is 15.2. The van der Waals surface area contributed by atoms with Crippen LogP contribution in [0.3, 0.4) is 0 Å². The highest BCUT2D eigenvalue weighted by Gasteiger charge is 2.29. The molecule has 4 aromatic carbocycles. The molecule has 12 aromatic rings. The number of nitrogens with zero attached hydrogens (tertiary/aromatic N) is 14. The summed E-state index contributed by atoms with van der Waals surface area (Å²) in [4.78, 5) is 72.4. The average Bonchev–Trinajstić information content (AvgIpc) is 1.64. The Morgan fingerprint density at radius 3 is 1.29 bits per heavy atom. The van der Waals surface area contributed by atoms with E-state index in [4.69, 9.17) is 32.5 Å². The topological polar surface area (TPSA) is 322 Å². The number of hydrogen-bond donors (Lipinski definition) is 6. The number of anilines is 3. The Kier molecular flexibility index (Phi) is 19.0. The number of pyridine rings is 2. The van der Waals surface area contributed by atoms with Gasteiger partial charge in [0.2, 0.25) is 0 Å². The van der Waals surface area contributed by atoms with Gasteiger partial charge in [0.05, 0.1) is 52.2 Å². The van der Waals surface area contributed by atoms with Crippen molar-refractivity contribution in [2.75, 3.05) is 17.2 Å². The molecule has 0 aliphatic heterocycles. The van der Waals surface area contributed by atoms with E-state index in [2.05, 4.69) is 55.8 Å². The average molecular weight is 1300 g/mol. The van der Waals surface area contributed by atoms with E-state index < -0.39 is 5.82 Å². The molecule has 9 N–H and O–H groups in total. The first-order valence-electron chi connectivity index (χ1n) is 32.9. The molecule has 0 spiro atoms. The summed E-state index contributed by atoms with van der Waals surface area (Å²) in [6.07, 6.45) is 21.4. The molecule has 8 aromatic heterocycles. The SMILES string of the molecule is Cc1ccccc1C(=O)NCc1ccc(-c2nn(C3CCCC3)c3ncnc(N)c23)c(F)c1.Cc1ccccc1C(=O)NCc1ccc(-c2nn(C3CCCC3)c3ncnc(N)c23)cn1.Cc1ccccc1C(=O)NCc1ccc(-c2nn(C3CCCC3)c3ncnc(N)c23)nc1. The number of halogens is 1. The molecule has 23 nitrogen and oxygen atoms in total. The molecule has 0 atom stereocenters. The highest BCUT2D eigenvalue weighted by molar-refractivity contribution is 6.01. The van der Waals surface area contributed by atoms with Crippen molar-refractivity contribution in [3.05, 3.63) is 203 Å². The maximum absolute atomic E-state index is 15.2. The number of aryl methyl sites for hydroxylation is 3. The molecule has 3 saturated carbocycles. The van der Waals surface area contributed by atoms with Crippen LogP contribution >= 0.6 is 0 Å². The second-order valence-electron chi connectivity index (χ2n) is 25.0. The largest absolute Gasteiger partial charge is 0.383 e. The molecule has 0 unspecified atom stereocenters. The Morgan fingerprint density at radius 1 is 0.443 bits per heavy atom. The van der Waals surface area contributed by atoms with E-state index in [1.807, 2.05) is 126 Å². The molecule has 0 saturated heterocycles. The van der Waals surface area contributed by atoms with Crippen LogP contribution in [0.2, 0.25) is 0 Å². The van der Waals surface area contributed by atoms with Crippen LogP contribution in [0.15, 0.2) is 147 Å². The van der Waals surface area contributed by atoms with Gasteiger partial charge in [-0.2, -0.15) is 15.3 Å². The summed E-state index contributed by atoms with van der Waals surface area (Å²) in [6.45, 7) is 6.68. The third-order valence-corrected chi connectivity index (χ3v) is 18.5. The van der Waals surface area contributed by atoms with E-state index >= 15 is 4.39 Å². The highest BCUT2D eigenvalue weighted by atomic mass is 19.1. The predicted molar refractivity (Wildman–Crippen MR) is 371 cm³/mol. The van der Waals surface area contributed by atoms with Gasteiger partial charge in [0.25, 0.3) is 17.7 Å². The Bertz CT molecular complexity index is 4660. The molecule has 15 rings (SSSR count). The van der Waals surface area contributed by atoms with E-state index in [1.165, 1.54) is 50.7 Å². The molecule has 0 radical (unpaired) electrons. The van der Waals surface area contributed by atoms with Crippen molar-refractivity contribution in [1.29, 1.82) is 0 Å². The molecule has 8 heterocycles. The lowest BCUT2D eigenvalue weighted by Crippen LogP contribution is -2.24. The molecule has 492 valence electrons.